The summed E-state index contributed by atoms with van der Waals surface area (Å²) < 4.78 is 0. The van der Waals surface area contributed by atoms with Crippen molar-refractivity contribution in [1.29, 1.82) is 0 Å². The van der Waals surface area contributed by atoms with Crippen molar-refractivity contribution in [3.05, 3.63) is 33.5 Å². The zero-order chi connectivity index (χ0) is 15.4. The van der Waals surface area contributed by atoms with Gasteiger partial charge in [0.2, 0.25) is 0 Å². The first kappa shape index (κ1) is 16.0. The van der Waals surface area contributed by atoms with Crippen LogP contribution in [0.25, 0.3) is 0 Å². The van der Waals surface area contributed by atoms with Gasteiger partial charge in [0, 0.05) is 11.4 Å². The van der Waals surface area contributed by atoms with Crippen molar-refractivity contribution >= 4 is 34.6 Å². The van der Waals surface area contributed by atoms with Crippen molar-refractivity contribution in [2.75, 3.05) is 6.54 Å². The van der Waals surface area contributed by atoms with E-state index in [0.29, 0.717) is 17.6 Å². The quantitative estimate of drug-likeness (QED) is 0.455. The molecule has 1 amide bonds. The number of carbonyl (C=O) groups is 1. The summed E-state index contributed by atoms with van der Waals surface area (Å²) in [6, 6.07) is 2.01. The highest BCUT2D eigenvalue weighted by atomic mass is 32.1. The number of aryl methyl sites for hydroxylation is 1. The number of nitrogens with one attached hydrogen (secondary N) is 3. The van der Waals surface area contributed by atoms with Gasteiger partial charge in [0.15, 0.2) is 5.11 Å². The van der Waals surface area contributed by atoms with E-state index in [1.165, 1.54) is 16.9 Å². The zero-order valence-corrected chi connectivity index (χ0v) is 14.0. The highest BCUT2D eigenvalue weighted by molar-refractivity contribution is 7.80. The summed E-state index contributed by atoms with van der Waals surface area (Å²) in [5.41, 5.74) is 7.65. The fraction of sp³-hybridized carbons (Fsp3) is 0.467. The molecular formula is C15H21N3OS2. The first-order chi connectivity index (χ1) is 9.95. The van der Waals surface area contributed by atoms with E-state index in [9.17, 15) is 4.79 Å². The smallest absolute Gasteiger partial charge is 0.279 e. The Morgan fingerprint density at radius 1 is 1.52 bits per heavy atom. The van der Waals surface area contributed by atoms with Gasteiger partial charge >= 0.3 is 0 Å². The lowest BCUT2D eigenvalue weighted by atomic mass is 9.90. The molecule has 0 aliphatic heterocycles. The minimum atomic E-state index is -0.137. The molecule has 6 heteroatoms. The molecule has 3 N–H and O–H groups in total. The first-order valence-electron chi connectivity index (χ1n) is 7.06. The van der Waals surface area contributed by atoms with Crippen LogP contribution in [-0.2, 0) is 12.8 Å². The van der Waals surface area contributed by atoms with Crippen molar-refractivity contribution in [2.45, 2.75) is 33.1 Å². The Bertz CT molecular complexity index is 565. The van der Waals surface area contributed by atoms with Crippen LogP contribution in [0.4, 0.5) is 0 Å². The van der Waals surface area contributed by atoms with Gasteiger partial charge < -0.3 is 5.32 Å². The molecule has 1 aromatic heterocycles. The van der Waals surface area contributed by atoms with Crippen LogP contribution in [0.5, 0.6) is 0 Å². The lowest BCUT2D eigenvalue weighted by Crippen LogP contribution is -2.46. The maximum absolute atomic E-state index is 12.1. The number of thiophene rings is 1. The largest absolute Gasteiger partial charge is 0.358 e. The topological polar surface area (TPSA) is 53.2 Å². The molecule has 0 unspecified atom stereocenters. The fourth-order valence-corrected chi connectivity index (χ4v) is 3.50. The van der Waals surface area contributed by atoms with Crippen LogP contribution in [0.3, 0.4) is 0 Å². The highest BCUT2D eigenvalue weighted by Gasteiger charge is 2.20. The summed E-state index contributed by atoms with van der Waals surface area (Å²) in [4.78, 5) is 14.2. The van der Waals surface area contributed by atoms with Crippen LogP contribution in [0.1, 0.15) is 40.4 Å². The second kappa shape index (κ2) is 7.04. The lowest BCUT2D eigenvalue weighted by Gasteiger charge is -2.16. The predicted molar refractivity (Wildman–Crippen MR) is 91.5 cm³/mol. The third kappa shape index (κ3) is 4.54. The van der Waals surface area contributed by atoms with Gasteiger partial charge in [-0.25, -0.2) is 0 Å². The van der Waals surface area contributed by atoms with Gasteiger partial charge in [-0.05, 0) is 56.0 Å². The molecule has 0 aromatic carbocycles. The zero-order valence-electron chi connectivity index (χ0n) is 12.4. The van der Waals surface area contributed by atoms with E-state index in [1.54, 1.807) is 11.3 Å². The number of hydrogen-bond donors (Lipinski definition) is 3. The molecule has 21 heavy (non-hydrogen) atoms. The molecule has 1 aromatic rings. The van der Waals surface area contributed by atoms with Crippen LogP contribution < -0.4 is 16.2 Å². The summed E-state index contributed by atoms with van der Waals surface area (Å²) in [5, 5.41) is 3.34. The fourth-order valence-electron chi connectivity index (χ4n) is 2.27. The van der Waals surface area contributed by atoms with E-state index in [0.717, 1.165) is 23.3 Å². The molecule has 0 spiro atoms. The number of amides is 1. The SMILES string of the molecule is C=C(C)CNC(=S)NNC(=O)c1cc2c(s1)CC[C@H](C)C2. The Kier molecular flexibility index (Phi) is 5.36. The number of rotatable bonds is 3. The van der Waals surface area contributed by atoms with Gasteiger partial charge in [-0.1, -0.05) is 19.1 Å². The van der Waals surface area contributed by atoms with Gasteiger partial charge in [-0.2, -0.15) is 0 Å². The number of hydrazine groups is 1. The van der Waals surface area contributed by atoms with Gasteiger partial charge in [0.1, 0.15) is 0 Å². The van der Waals surface area contributed by atoms with E-state index in [2.05, 4.69) is 29.7 Å². The van der Waals surface area contributed by atoms with E-state index in [1.807, 2.05) is 13.0 Å². The molecule has 2 rings (SSSR count). The maximum atomic E-state index is 12.1. The Morgan fingerprint density at radius 2 is 2.29 bits per heavy atom. The highest BCUT2D eigenvalue weighted by Crippen LogP contribution is 2.31. The van der Waals surface area contributed by atoms with E-state index in [-0.39, 0.29) is 5.91 Å². The van der Waals surface area contributed by atoms with Crippen molar-refractivity contribution in [2.24, 2.45) is 5.92 Å². The van der Waals surface area contributed by atoms with E-state index in [4.69, 9.17) is 12.2 Å². The van der Waals surface area contributed by atoms with Crippen molar-refractivity contribution in [1.82, 2.24) is 16.2 Å². The molecular weight excluding hydrogens is 302 g/mol. The minimum Gasteiger partial charge on any atom is -0.358 e. The number of carbonyl (C=O) groups excluding carboxylic acids is 1. The summed E-state index contributed by atoms with van der Waals surface area (Å²) >= 11 is 6.65. The molecule has 0 radical (unpaired) electrons. The Morgan fingerprint density at radius 3 is 3.00 bits per heavy atom. The summed E-state index contributed by atoms with van der Waals surface area (Å²) in [5.74, 6) is 0.571. The number of thiocarbonyl (C=S) groups is 1. The average molecular weight is 323 g/mol. The Labute approximate surface area is 135 Å². The molecule has 114 valence electrons. The molecule has 4 nitrogen and oxygen atoms in total. The molecule has 1 heterocycles. The average Bonchev–Trinajstić information content (AvgIpc) is 2.85. The van der Waals surface area contributed by atoms with Crippen molar-refractivity contribution in [3.8, 4) is 0 Å². The standard InChI is InChI=1S/C15H21N3OS2/c1-9(2)8-16-15(20)18-17-14(19)13-7-11-6-10(3)4-5-12(11)21-13/h7,10H,1,4-6,8H2,2-3H3,(H,17,19)(H2,16,18,20)/t10-/m0/s1. The normalized spacial score (nSPS) is 16.8. The van der Waals surface area contributed by atoms with Gasteiger partial charge in [-0.15, -0.1) is 11.3 Å². The van der Waals surface area contributed by atoms with Crippen LogP contribution in [0.2, 0.25) is 0 Å². The van der Waals surface area contributed by atoms with Crippen LogP contribution in [0, 0.1) is 5.92 Å². The lowest BCUT2D eigenvalue weighted by molar-refractivity contribution is 0.0947. The first-order valence-corrected chi connectivity index (χ1v) is 8.28. The molecule has 0 bridgehead atoms. The summed E-state index contributed by atoms with van der Waals surface area (Å²) in [6.45, 7) is 8.53. The summed E-state index contributed by atoms with van der Waals surface area (Å²) in [6.07, 6.45) is 3.37. The monoisotopic (exact) mass is 323 g/mol. The van der Waals surface area contributed by atoms with Gasteiger partial charge in [-0.3, -0.25) is 15.6 Å². The van der Waals surface area contributed by atoms with Crippen LogP contribution in [0.15, 0.2) is 18.2 Å². The second-order valence-corrected chi connectivity index (χ2v) is 7.17. The number of hydrogen-bond acceptors (Lipinski definition) is 3. The van der Waals surface area contributed by atoms with Crippen molar-refractivity contribution in [3.63, 3.8) is 0 Å². The molecule has 0 fully saturated rings. The van der Waals surface area contributed by atoms with E-state index < -0.39 is 0 Å². The molecule has 0 saturated heterocycles. The molecule has 1 atom stereocenters. The Hall–Kier alpha value is -1.40. The predicted octanol–water partition coefficient (Wildman–Crippen LogP) is 2.56. The molecule has 1 aliphatic rings. The van der Waals surface area contributed by atoms with Gasteiger partial charge in [0.25, 0.3) is 5.91 Å². The van der Waals surface area contributed by atoms with E-state index >= 15 is 0 Å². The third-order valence-electron chi connectivity index (χ3n) is 3.39. The minimum absolute atomic E-state index is 0.137. The summed E-state index contributed by atoms with van der Waals surface area (Å²) in [7, 11) is 0. The Balaban J connectivity index is 1.86. The van der Waals surface area contributed by atoms with Crippen LogP contribution in [-0.4, -0.2) is 17.6 Å². The van der Waals surface area contributed by atoms with Crippen molar-refractivity contribution < 1.29 is 4.79 Å². The van der Waals surface area contributed by atoms with Crippen LogP contribution >= 0.6 is 23.6 Å². The second-order valence-electron chi connectivity index (χ2n) is 5.63. The van der Waals surface area contributed by atoms with Gasteiger partial charge in [0.05, 0.1) is 4.88 Å². The number of fused-ring (bicyclic) bond motifs is 1. The third-order valence-corrected chi connectivity index (χ3v) is 4.88. The maximum Gasteiger partial charge on any atom is 0.279 e. The molecule has 1 aliphatic carbocycles. The molecule has 0 saturated carbocycles.